The van der Waals surface area contributed by atoms with Crippen LogP contribution < -0.4 is 8.92 Å². The minimum Gasteiger partial charge on any atom is -0.490 e. The van der Waals surface area contributed by atoms with Crippen molar-refractivity contribution in [2.45, 2.75) is 25.7 Å². The van der Waals surface area contributed by atoms with Gasteiger partial charge in [0.2, 0.25) is 0 Å². The average molecular weight is 444 g/mol. The molecule has 156 valence electrons. The first-order valence-corrected chi connectivity index (χ1v) is 11.2. The van der Waals surface area contributed by atoms with Crippen LogP contribution in [-0.2, 0) is 10.1 Å². The number of nitrogens with zero attached hydrogens (tertiary/aromatic N) is 1. The van der Waals surface area contributed by atoms with Gasteiger partial charge in [0.05, 0.1) is 12.3 Å². The Balaban J connectivity index is 1.89. The molecule has 0 unspecified atom stereocenters. The molecule has 0 spiro atoms. The highest BCUT2D eigenvalue weighted by Gasteiger charge is 2.19. The number of hydrogen-bond donors (Lipinski definition) is 0. The molecule has 0 amide bonds. The molecule has 0 saturated carbocycles. The summed E-state index contributed by atoms with van der Waals surface area (Å²) in [7, 11) is -4.02. The second-order valence-electron chi connectivity index (χ2n) is 6.68. The predicted octanol–water partition coefficient (Wildman–Crippen LogP) is 5.87. The monoisotopic (exact) mass is 443 g/mol. The Morgan fingerprint density at radius 3 is 2.40 bits per heavy atom. The molecule has 0 fully saturated rings. The van der Waals surface area contributed by atoms with E-state index in [1.54, 1.807) is 24.4 Å². The molecule has 0 saturated heterocycles. The van der Waals surface area contributed by atoms with Gasteiger partial charge in [0, 0.05) is 11.2 Å². The van der Waals surface area contributed by atoms with Crippen LogP contribution in [0.15, 0.2) is 70.6 Å². The standard InChI is InChI=1S/C23H22ClNO4S/c1-4-28-23-14-18(15-25-21-13-16(2)5-6-17(21)3)7-12-22(23)29-30(26,27)20-10-8-19(24)9-11-20/h5-15H,4H2,1-3H3. The molecule has 3 aromatic rings. The van der Waals surface area contributed by atoms with Crippen molar-refractivity contribution in [2.24, 2.45) is 4.99 Å². The number of ether oxygens (including phenoxy) is 1. The molecule has 0 radical (unpaired) electrons. The van der Waals surface area contributed by atoms with Crippen LogP contribution in [0.3, 0.4) is 0 Å². The van der Waals surface area contributed by atoms with Gasteiger partial charge in [0.25, 0.3) is 0 Å². The summed E-state index contributed by atoms with van der Waals surface area (Å²) in [5.41, 5.74) is 3.82. The van der Waals surface area contributed by atoms with Crippen LogP contribution in [-0.4, -0.2) is 21.2 Å². The first-order chi connectivity index (χ1) is 14.3. The topological polar surface area (TPSA) is 65.0 Å². The molecule has 30 heavy (non-hydrogen) atoms. The van der Waals surface area contributed by atoms with Crippen LogP contribution >= 0.6 is 11.6 Å². The van der Waals surface area contributed by atoms with Crippen LogP contribution in [0.4, 0.5) is 5.69 Å². The molecule has 0 aliphatic heterocycles. The second kappa shape index (κ2) is 9.32. The molecule has 7 heteroatoms. The smallest absolute Gasteiger partial charge is 0.339 e. The van der Waals surface area contributed by atoms with Gasteiger partial charge >= 0.3 is 10.1 Å². The highest BCUT2D eigenvalue weighted by atomic mass is 35.5. The third-order valence-electron chi connectivity index (χ3n) is 4.29. The van der Waals surface area contributed by atoms with E-state index < -0.39 is 10.1 Å². The number of benzene rings is 3. The van der Waals surface area contributed by atoms with Gasteiger partial charge in [-0.25, -0.2) is 0 Å². The fourth-order valence-electron chi connectivity index (χ4n) is 2.71. The summed E-state index contributed by atoms with van der Waals surface area (Å²) in [6.07, 6.45) is 1.71. The Kier molecular flexibility index (Phi) is 6.80. The molecule has 3 aromatic carbocycles. The summed E-state index contributed by atoms with van der Waals surface area (Å²) >= 11 is 5.83. The van der Waals surface area contributed by atoms with Gasteiger partial charge in [-0.3, -0.25) is 4.99 Å². The van der Waals surface area contributed by atoms with Crippen molar-refractivity contribution in [3.63, 3.8) is 0 Å². The molecule has 3 rings (SSSR count). The number of rotatable bonds is 7. The van der Waals surface area contributed by atoms with Crippen molar-refractivity contribution >= 4 is 33.6 Å². The summed E-state index contributed by atoms with van der Waals surface area (Å²) in [6.45, 7) is 6.18. The van der Waals surface area contributed by atoms with Crippen molar-refractivity contribution < 1.29 is 17.3 Å². The number of aryl methyl sites for hydroxylation is 2. The van der Waals surface area contributed by atoms with Crippen molar-refractivity contribution in [3.8, 4) is 11.5 Å². The molecule has 0 atom stereocenters. The predicted molar refractivity (Wildman–Crippen MR) is 120 cm³/mol. The summed E-state index contributed by atoms with van der Waals surface area (Å²) in [5.74, 6) is 0.427. The van der Waals surface area contributed by atoms with Crippen LogP contribution in [0.5, 0.6) is 11.5 Å². The molecule has 0 aliphatic carbocycles. The van der Waals surface area contributed by atoms with Gasteiger partial charge in [0.1, 0.15) is 4.90 Å². The van der Waals surface area contributed by atoms with Crippen molar-refractivity contribution in [1.82, 2.24) is 0 Å². The lowest BCUT2D eigenvalue weighted by Crippen LogP contribution is -2.11. The van der Waals surface area contributed by atoms with E-state index in [9.17, 15) is 8.42 Å². The van der Waals surface area contributed by atoms with Crippen LogP contribution in [0, 0.1) is 13.8 Å². The van der Waals surface area contributed by atoms with Crippen molar-refractivity contribution in [1.29, 1.82) is 0 Å². The highest BCUT2D eigenvalue weighted by Crippen LogP contribution is 2.31. The van der Waals surface area contributed by atoms with Gasteiger partial charge in [-0.1, -0.05) is 23.7 Å². The van der Waals surface area contributed by atoms with E-state index in [-0.39, 0.29) is 10.6 Å². The van der Waals surface area contributed by atoms with E-state index >= 15 is 0 Å². The molecule has 0 aromatic heterocycles. The highest BCUT2D eigenvalue weighted by molar-refractivity contribution is 7.87. The minimum atomic E-state index is -4.02. The van der Waals surface area contributed by atoms with Crippen molar-refractivity contribution in [2.75, 3.05) is 6.61 Å². The molecule has 5 nitrogen and oxygen atoms in total. The lowest BCUT2D eigenvalue weighted by atomic mass is 10.1. The maximum Gasteiger partial charge on any atom is 0.339 e. The fraction of sp³-hybridized carbons (Fsp3) is 0.174. The molecule has 0 heterocycles. The lowest BCUT2D eigenvalue weighted by Gasteiger charge is -2.12. The van der Waals surface area contributed by atoms with Gasteiger partial charge in [-0.05, 0) is 86.0 Å². The zero-order valence-corrected chi connectivity index (χ0v) is 18.5. The molecule has 0 aliphatic rings. The Labute approximate surface area is 182 Å². The fourth-order valence-corrected chi connectivity index (χ4v) is 3.78. The van der Waals surface area contributed by atoms with Gasteiger partial charge in [-0.15, -0.1) is 0 Å². The maximum atomic E-state index is 12.6. The minimum absolute atomic E-state index is 0.00918. The van der Waals surface area contributed by atoms with E-state index in [0.717, 1.165) is 22.4 Å². The number of hydrogen-bond acceptors (Lipinski definition) is 5. The summed E-state index contributed by atoms with van der Waals surface area (Å²) in [4.78, 5) is 4.56. The summed E-state index contributed by atoms with van der Waals surface area (Å²) in [5, 5.41) is 0.441. The Morgan fingerprint density at radius 2 is 1.70 bits per heavy atom. The summed E-state index contributed by atoms with van der Waals surface area (Å²) < 4.78 is 36.1. The van der Waals surface area contributed by atoms with Gasteiger partial charge < -0.3 is 8.92 Å². The quantitative estimate of drug-likeness (QED) is 0.338. The van der Waals surface area contributed by atoms with Crippen LogP contribution in [0.25, 0.3) is 0 Å². The van der Waals surface area contributed by atoms with E-state index in [0.29, 0.717) is 17.4 Å². The summed E-state index contributed by atoms with van der Waals surface area (Å²) in [6, 6.07) is 16.8. The molecule has 0 N–H and O–H groups in total. The largest absolute Gasteiger partial charge is 0.490 e. The normalized spacial score (nSPS) is 11.6. The number of halogens is 1. The Hall–Kier alpha value is -2.83. The van der Waals surface area contributed by atoms with Gasteiger partial charge in [-0.2, -0.15) is 8.42 Å². The SMILES string of the molecule is CCOc1cc(C=Nc2cc(C)ccc2C)ccc1OS(=O)(=O)c1ccc(Cl)cc1. The van der Waals surface area contributed by atoms with E-state index in [1.165, 1.54) is 24.3 Å². The Morgan fingerprint density at radius 1 is 0.967 bits per heavy atom. The molecular weight excluding hydrogens is 422 g/mol. The number of aliphatic imine (C=N–C) groups is 1. The van der Waals surface area contributed by atoms with Gasteiger partial charge in [0.15, 0.2) is 11.5 Å². The molecule has 0 bridgehead atoms. The first kappa shape index (κ1) is 21.9. The van der Waals surface area contributed by atoms with Crippen LogP contribution in [0.1, 0.15) is 23.6 Å². The zero-order valence-electron chi connectivity index (χ0n) is 16.9. The second-order valence-corrected chi connectivity index (χ2v) is 8.66. The lowest BCUT2D eigenvalue weighted by molar-refractivity contribution is 0.327. The van der Waals surface area contributed by atoms with E-state index in [1.807, 2.05) is 39.0 Å². The van der Waals surface area contributed by atoms with E-state index in [4.69, 9.17) is 20.5 Å². The van der Waals surface area contributed by atoms with Crippen molar-refractivity contribution in [3.05, 3.63) is 82.4 Å². The van der Waals surface area contributed by atoms with E-state index in [2.05, 4.69) is 4.99 Å². The third-order valence-corrected chi connectivity index (χ3v) is 5.79. The Bertz CT molecular complexity index is 1170. The first-order valence-electron chi connectivity index (χ1n) is 9.37. The molecular formula is C23H22ClNO4S. The zero-order chi connectivity index (χ0) is 21.7. The maximum absolute atomic E-state index is 12.6. The van der Waals surface area contributed by atoms with Crippen LogP contribution in [0.2, 0.25) is 5.02 Å². The average Bonchev–Trinajstić information content (AvgIpc) is 2.71. The third kappa shape index (κ3) is 5.40.